The summed E-state index contributed by atoms with van der Waals surface area (Å²) in [6, 6.07) is 14.2. The molecule has 2 aromatic carbocycles. The van der Waals surface area contributed by atoms with Gasteiger partial charge in [-0.15, -0.1) is 0 Å². The van der Waals surface area contributed by atoms with E-state index in [1.165, 1.54) is 0 Å². The Kier molecular flexibility index (Phi) is 27.1. The minimum absolute atomic E-state index is 0. The number of hydrogen-bond acceptors (Lipinski definition) is 6. The van der Waals surface area contributed by atoms with E-state index < -0.39 is 22.0 Å². The summed E-state index contributed by atoms with van der Waals surface area (Å²) in [5, 5.41) is 0. The molecule has 0 spiro atoms. The van der Waals surface area contributed by atoms with E-state index in [1.54, 1.807) is 56.5 Å². The van der Waals surface area contributed by atoms with Crippen molar-refractivity contribution in [2.75, 3.05) is 0 Å². The Morgan fingerprint density at radius 2 is 1.11 bits per heavy atom. The van der Waals surface area contributed by atoms with Crippen molar-refractivity contribution in [1.29, 1.82) is 0 Å². The van der Waals surface area contributed by atoms with Crippen LogP contribution in [0.25, 0.3) is 0 Å². The smallest absolute Gasteiger partial charge is 1.00 e. The van der Waals surface area contributed by atoms with Crippen LogP contribution in [0, 0.1) is 17.8 Å². The van der Waals surface area contributed by atoms with Gasteiger partial charge in [0.2, 0.25) is 0 Å². The molecule has 0 saturated carbocycles. The van der Waals surface area contributed by atoms with Gasteiger partial charge < -0.3 is 33.4 Å². The molecule has 0 aromatic heterocycles. The molecule has 0 fully saturated rings. The Labute approximate surface area is 360 Å². The molecule has 0 aliphatic carbocycles. The monoisotopic (exact) mass is 864 g/mol. The van der Waals surface area contributed by atoms with Crippen molar-refractivity contribution in [3.63, 3.8) is 0 Å². The molecule has 1 N–H and O–H groups in total. The van der Waals surface area contributed by atoms with Gasteiger partial charge in [0.25, 0.3) is 0 Å². The van der Waals surface area contributed by atoms with Gasteiger partial charge in [0.1, 0.15) is 11.0 Å². The summed E-state index contributed by atoms with van der Waals surface area (Å²) in [6.07, 6.45) is 4.17. The van der Waals surface area contributed by atoms with Crippen molar-refractivity contribution in [3.05, 3.63) is 77.7 Å². The maximum Gasteiger partial charge on any atom is 2.00 e. The first-order valence-electron chi connectivity index (χ1n) is 18.1. The van der Waals surface area contributed by atoms with E-state index in [1.807, 2.05) is 67.5 Å². The van der Waals surface area contributed by atoms with Gasteiger partial charge in [0.15, 0.2) is 0 Å². The van der Waals surface area contributed by atoms with Crippen molar-refractivity contribution >= 4 is 63.2 Å². The number of esters is 2. The molecule has 0 aliphatic rings. The van der Waals surface area contributed by atoms with Crippen LogP contribution in [0.1, 0.15) is 168 Å². The average molecular weight is 866 g/mol. The number of benzene rings is 2. The Morgan fingerprint density at radius 1 is 0.722 bits per heavy atom. The van der Waals surface area contributed by atoms with Crippen LogP contribution in [0.15, 0.2) is 52.9 Å². The quantitative estimate of drug-likeness (QED) is 0.111. The van der Waals surface area contributed by atoms with Crippen LogP contribution in [0.3, 0.4) is 0 Å². The maximum absolute atomic E-state index is 12.6. The van der Waals surface area contributed by atoms with E-state index in [2.05, 4.69) is 57.6 Å². The van der Waals surface area contributed by atoms with Crippen LogP contribution in [-0.2, 0) is 31.4 Å². The molecule has 0 saturated heterocycles. The summed E-state index contributed by atoms with van der Waals surface area (Å²) in [5.41, 5.74) is 3.49. The van der Waals surface area contributed by atoms with Gasteiger partial charge in [-0.3, -0.25) is 0 Å². The first kappa shape index (κ1) is 56.9. The zero-order valence-electron chi connectivity index (χ0n) is 36.1. The van der Waals surface area contributed by atoms with Crippen LogP contribution in [0.4, 0.5) is 0 Å². The minimum Gasteiger partial charge on any atom is -1.00 e. The fourth-order valence-corrected chi connectivity index (χ4v) is 4.96. The largest absolute Gasteiger partial charge is 2.00 e. The van der Waals surface area contributed by atoms with Gasteiger partial charge in [-0.05, 0) is 123 Å². The third-order valence-corrected chi connectivity index (χ3v) is 9.90. The SMILES string of the molecule is CC(C)OC(=O)c1ccc(C=NS(=O)C(C)(C)C)cc1.CC(C)OC(=O)c1ccc([C@@H](CCC(C)(C)C)NS(=O)C(C)(C)C)cc1.[Br-].[CH2-]CC(C)(C)C.[Mg+2]. The molecule has 0 heterocycles. The maximum atomic E-state index is 12.6. The number of rotatable bonds is 11. The third kappa shape index (κ3) is 26.4. The molecule has 2 aromatic rings. The van der Waals surface area contributed by atoms with Gasteiger partial charge in [0, 0.05) is 12.3 Å². The fourth-order valence-electron chi connectivity index (χ4n) is 3.56. The second kappa shape index (κ2) is 25.7. The predicted octanol–water partition coefficient (Wildman–Crippen LogP) is 7.18. The first-order chi connectivity index (χ1) is 23.6. The summed E-state index contributed by atoms with van der Waals surface area (Å²) in [5.74, 6) is -0.661. The summed E-state index contributed by atoms with van der Waals surface area (Å²) in [7, 11) is -2.44. The molecule has 2 unspecified atom stereocenters. The van der Waals surface area contributed by atoms with Gasteiger partial charge in [-0.2, -0.15) is 10.8 Å². The van der Waals surface area contributed by atoms with Crippen molar-refractivity contribution < 1.29 is 44.5 Å². The van der Waals surface area contributed by atoms with E-state index in [0.29, 0.717) is 16.5 Å². The second-order valence-electron chi connectivity index (χ2n) is 17.7. The molecule has 3 atom stereocenters. The van der Waals surface area contributed by atoms with Crippen LogP contribution in [0.5, 0.6) is 0 Å². The van der Waals surface area contributed by atoms with E-state index in [0.717, 1.165) is 30.4 Å². The second-order valence-corrected chi connectivity index (χ2v) is 21.6. The molecular weight excluding hydrogens is 797 g/mol. The van der Waals surface area contributed by atoms with Crippen molar-refractivity contribution in [3.8, 4) is 0 Å². The van der Waals surface area contributed by atoms with Gasteiger partial charge in [0.05, 0.1) is 43.8 Å². The number of carbonyl (C=O) groups is 2. The Hall–Kier alpha value is -1.44. The van der Waals surface area contributed by atoms with E-state index in [-0.39, 0.29) is 85.1 Å². The van der Waals surface area contributed by atoms with Crippen LogP contribution in [0.2, 0.25) is 0 Å². The van der Waals surface area contributed by atoms with Crippen molar-refractivity contribution in [2.24, 2.45) is 15.2 Å². The molecule has 0 amide bonds. The molecule has 0 bridgehead atoms. The molecule has 12 heteroatoms. The molecule has 0 aliphatic heterocycles. The zero-order chi connectivity index (χ0) is 40.7. The topological polar surface area (TPSA) is 111 Å². The summed E-state index contributed by atoms with van der Waals surface area (Å²) >= 11 is 0. The number of ether oxygens (including phenoxy) is 2. The number of halogens is 1. The van der Waals surface area contributed by atoms with Crippen LogP contribution >= 0.6 is 0 Å². The fraction of sp³-hybridized carbons (Fsp3) is 0.619. The standard InChI is InChI=1S/C21H35NO3S.C15H21NO3S.C6H13.BrH.Mg/c1-15(2)25-19(23)17-11-9-16(10-12-17)18(13-14-20(3,4)5)22-26(24)21(6,7)8;1-11(2)19-14(17)13-8-6-12(7-9-13)10-16-20(18)15(3,4)5;1-5-6(2,3)4;;/h9-12,15,18,22H,13-14H2,1-8H3;6-11H,1-5H3;1,5H2,2-4H3;1H;/q;;-1;;+2/p-1/t18-,26?;;;;/m1..../s1. The first-order valence-corrected chi connectivity index (χ1v) is 20.4. The Morgan fingerprint density at radius 3 is 1.43 bits per heavy atom. The number of nitrogens with one attached hydrogen (secondary N) is 1. The predicted molar refractivity (Wildman–Crippen MR) is 227 cm³/mol. The molecule has 8 nitrogen and oxygen atoms in total. The molecule has 0 radical (unpaired) electrons. The number of hydrogen-bond donors (Lipinski definition) is 1. The molecule has 2 rings (SSSR count). The zero-order valence-corrected chi connectivity index (χ0v) is 40.7. The third-order valence-electron chi connectivity index (χ3n) is 6.94. The normalized spacial score (nSPS) is 13.6. The van der Waals surface area contributed by atoms with Gasteiger partial charge in [-0.1, -0.05) is 71.2 Å². The van der Waals surface area contributed by atoms with Crippen LogP contribution in [-0.4, -0.2) is 71.3 Å². The van der Waals surface area contributed by atoms with E-state index in [9.17, 15) is 18.0 Å². The number of carbonyl (C=O) groups excluding carboxylic acids is 2. The molecular formula is C42H69BrMgN2O6S2. The van der Waals surface area contributed by atoms with E-state index >= 15 is 0 Å². The van der Waals surface area contributed by atoms with Gasteiger partial charge in [-0.25, -0.2) is 22.7 Å². The summed E-state index contributed by atoms with van der Waals surface area (Å²) in [4.78, 5) is 23.7. The van der Waals surface area contributed by atoms with Crippen LogP contribution < -0.4 is 21.7 Å². The number of nitrogens with zero attached hydrogens (tertiary/aromatic N) is 1. The Balaban J connectivity index is -0.000000827. The molecule has 54 heavy (non-hydrogen) atoms. The molecule has 304 valence electrons. The van der Waals surface area contributed by atoms with Crippen molar-refractivity contribution in [2.45, 2.75) is 158 Å². The van der Waals surface area contributed by atoms with Crippen molar-refractivity contribution in [1.82, 2.24) is 4.72 Å². The summed E-state index contributed by atoms with van der Waals surface area (Å²) < 4.78 is 41.3. The van der Waals surface area contributed by atoms with E-state index in [4.69, 9.17) is 9.47 Å². The average Bonchev–Trinajstić information content (AvgIpc) is 3.00. The van der Waals surface area contributed by atoms with Gasteiger partial charge >= 0.3 is 35.0 Å². The Bertz CT molecular complexity index is 1450. The summed E-state index contributed by atoms with van der Waals surface area (Å²) in [6.45, 7) is 35.7. The minimum atomic E-state index is -1.28.